The van der Waals surface area contributed by atoms with Gasteiger partial charge in [0.25, 0.3) is 0 Å². The quantitative estimate of drug-likeness (QED) is 0.796. The summed E-state index contributed by atoms with van der Waals surface area (Å²) in [6, 6.07) is 9.92. The van der Waals surface area contributed by atoms with Crippen molar-refractivity contribution in [2.45, 2.75) is 46.2 Å². The minimum Gasteiger partial charge on any atom is -0.310 e. The molecule has 102 valence electrons. The lowest BCUT2D eigenvalue weighted by Crippen LogP contribution is -2.31. The average molecular weight is 248 g/mol. The van der Waals surface area contributed by atoms with Crippen LogP contribution in [-0.2, 0) is 0 Å². The van der Waals surface area contributed by atoms with Crippen LogP contribution in [0.2, 0.25) is 0 Å². The maximum absolute atomic E-state index is 3.59. The summed E-state index contributed by atoms with van der Waals surface area (Å²) in [5.41, 5.74) is 2.75. The third-order valence-corrected chi connectivity index (χ3v) is 3.55. The maximum atomic E-state index is 3.59. The summed E-state index contributed by atoms with van der Waals surface area (Å²) in [5.74, 6) is 0. The van der Waals surface area contributed by atoms with Gasteiger partial charge in [0.15, 0.2) is 0 Å². The summed E-state index contributed by atoms with van der Waals surface area (Å²) >= 11 is 0. The Labute approximate surface area is 112 Å². The van der Waals surface area contributed by atoms with Crippen LogP contribution in [0.5, 0.6) is 0 Å². The smallest absolute Gasteiger partial charge is 0.0332 e. The fraction of sp³-hybridized carbons (Fsp3) is 0.625. The van der Waals surface area contributed by atoms with Crippen molar-refractivity contribution in [1.82, 2.24) is 10.2 Å². The van der Waals surface area contributed by atoms with E-state index in [0.29, 0.717) is 12.1 Å². The number of hydrogen-bond donors (Lipinski definition) is 1. The Kier molecular flexibility index (Phi) is 6.37. The molecule has 0 saturated carbocycles. The van der Waals surface area contributed by atoms with E-state index in [4.69, 9.17) is 0 Å². The number of hydrogen-bond acceptors (Lipinski definition) is 2. The highest BCUT2D eigenvalue weighted by Crippen LogP contribution is 2.18. The summed E-state index contributed by atoms with van der Waals surface area (Å²) in [6.45, 7) is 11.0. The maximum Gasteiger partial charge on any atom is 0.0332 e. The molecule has 0 radical (unpaired) electrons. The van der Waals surface area contributed by atoms with Gasteiger partial charge in [0.2, 0.25) is 0 Å². The number of nitrogens with zero attached hydrogens (tertiary/aromatic N) is 1. The second kappa shape index (κ2) is 7.55. The molecule has 0 aliphatic heterocycles. The second-order valence-corrected chi connectivity index (χ2v) is 5.39. The zero-order chi connectivity index (χ0) is 13.5. The molecular formula is C16H28N2. The Balaban J connectivity index is 2.65. The second-order valence-electron chi connectivity index (χ2n) is 5.39. The Morgan fingerprint density at radius 1 is 1.28 bits per heavy atom. The number of aryl methyl sites for hydroxylation is 1. The molecule has 18 heavy (non-hydrogen) atoms. The topological polar surface area (TPSA) is 15.3 Å². The van der Waals surface area contributed by atoms with Crippen LogP contribution in [0.25, 0.3) is 0 Å². The standard InChI is InChI=1S/C16H28N2/c1-6-17-16(10-11-18(5)13(2)3)15-9-7-8-14(4)12-15/h7-9,12-13,16-17H,6,10-11H2,1-5H3. The van der Waals surface area contributed by atoms with Crippen molar-refractivity contribution in [3.05, 3.63) is 35.4 Å². The van der Waals surface area contributed by atoms with Crippen LogP contribution in [0.3, 0.4) is 0 Å². The van der Waals surface area contributed by atoms with E-state index < -0.39 is 0 Å². The van der Waals surface area contributed by atoms with Gasteiger partial charge >= 0.3 is 0 Å². The van der Waals surface area contributed by atoms with Gasteiger partial charge in [0.1, 0.15) is 0 Å². The van der Waals surface area contributed by atoms with Crippen LogP contribution in [0, 0.1) is 6.92 Å². The summed E-state index contributed by atoms with van der Waals surface area (Å²) in [6.07, 6.45) is 1.16. The van der Waals surface area contributed by atoms with Crippen LogP contribution >= 0.6 is 0 Å². The molecule has 1 unspecified atom stereocenters. The molecule has 1 aromatic carbocycles. The monoisotopic (exact) mass is 248 g/mol. The highest BCUT2D eigenvalue weighted by atomic mass is 15.1. The fourth-order valence-electron chi connectivity index (χ4n) is 2.11. The van der Waals surface area contributed by atoms with Crippen LogP contribution in [-0.4, -0.2) is 31.1 Å². The van der Waals surface area contributed by atoms with E-state index in [2.05, 4.69) is 69.2 Å². The first-order chi connectivity index (χ1) is 8.54. The molecule has 1 atom stereocenters. The molecule has 0 saturated heterocycles. The molecule has 1 aromatic rings. The molecule has 0 heterocycles. The largest absolute Gasteiger partial charge is 0.310 e. The van der Waals surface area contributed by atoms with E-state index in [-0.39, 0.29) is 0 Å². The third-order valence-electron chi connectivity index (χ3n) is 3.55. The number of benzene rings is 1. The minimum absolute atomic E-state index is 0.469. The minimum atomic E-state index is 0.469. The van der Waals surface area contributed by atoms with E-state index in [1.807, 2.05) is 0 Å². The normalized spacial score (nSPS) is 13.3. The van der Waals surface area contributed by atoms with Crippen molar-refractivity contribution in [1.29, 1.82) is 0 Å². The van der Waals surface area contributed by atoms with Crippen LogP contribution in [0.15, 0.2) is 24.3 Å². The van der Waals surface area contributed by atoms with Crippen molar-refractivity contribution < 1.29 is 0 Å². The summed E-state index contributed by atoms with van der Waals surface area (Å²) < 4.78 is 0. The van der Waals surface area contributed by atoms with Gasteiger partial charge in [-0.15, -0.1) is 0 Å². The van der Waals surface area contributed by atoms with E-state index in [1.165, 1.54) is 11.1 Å². The lowest BCUT2D eigenvalue weighted by atomic mass is 10.0. The Bertz CT molecular complexity index is 347. The average Bonchev–Trinajstić information content (AvgIpc) is 2.33. The van der Waals surface area contributed by atoms with Crippen LogP contribution < -0.4 is 5.32 Å². The van der Waals surface area contributed by atoms with E-state index in [9.17, 15) is 0 Å². The Hall–Kier alpha value is -0.860. The lowest BCUT2D eigenvalue weighted by Gasteiger charge is -2.25. The molecule has 0 amide bonds. The molecule has 0 spiro atoms. The Morgan fingerprint density at radius 3 is 2.56 bits per heavy atom. The van der Waals surface area contributed by atoms with Crippen molar-refractivity contribution >= 4 is 0 Å². The molecule has 2 heteroatoms. The van der Waals surface area contributed by atoms with Gasteiger partial charge in [-0.05, 0) is 52.9 Å². The number of nitrogens with one attached hydrogen (secondary N) is 1. The summed E-state index contributed by atoms with van der Waals surface area (Å²) in [7, 11) is 2.20. The molecule has 1 rings (SSSR count). The van der Waals surface area contributed by atoms with Gasteiger partial charge in [-0.2, -0.15) is 0 Å². The van der Waals surface area contributed by atoms with Crippen LogP contribution in [0.1, 0.15) is 44.4 Å². The molecule has 0 aliphatic rings. The van der Waals surface area contributed by atoms with Gasteiger partial charge < -0.3 is 10.2 Å². The van der Waals surface area contributed by atoms with Gasteiger partial charge in [0.05, 0.1) is 0 Å². The van der Waals surface area contributed by atoms with Crippen molar-refractivity contribution in [3.63, 3.8) is 0 Å². The van der Waals surface area contributed by atoms with Crippen LogP contribution in [0.4, 0.5) is 0 Å². The molecule has 0 fully saturated rings. The fourth-order valence-corrected chi connectivity index (χ4v) is 2.11. The van der Waals surface area contributed by atoms with Crippen molar-refractivity contribution in [2.75, 3.05) is 20.1 Å². The molecule has 1 N–H and O–H groups in total. The SMILES string of the molecule is CCNC(CCN(C)C(C)C)c1cccc(C)c1. The third kappa shape index (κ3) is 4.79. The van der Waals surface area contributed by atoms with Gasteiger partial charge in [-0.3, -0.25) is 0 Å². The van der Waals surface area contributed by atoms with Crippen molar-refractivity contribution in [3.8, 4) is 0 Å². The van der Waals surface area contributed by atoms with E-state index in [0.717, 1.165) is 19.5 Å². The highest BCUT2D eigenvalue weighted by Gasteiger charge is 2.12. The van der Waals surface area contributed by atoms with Gasteiger partial charge in [-0.1, -0.05) is 36.8 Å². The summed E-state index contributed by atoms with van der Waals surface area (Å²) in [4.78, 5) is 2.40. The zero-order valence-electron chi connectivity index (χ0n) is 12.5. The Morgan fingerprint density at radius 2 is 2.00 bits per heavy atom. The van der Waals surface area contributed by atoms with E-state index >= 15 is 0 Å². The zero-order valence-corrected chi connectivity index (χ0v) is 12.5. The molecule has 0 aliphatic carbocycles. The molecule has 2 nitrogen and oxygen atoms in total. The molecular weight excluding hydrogens is 220 g/mol. The van der Waals surface area contributed by atoms with E-state index in [1.54, 1.807) is 0 Å². The first kappa shape index (κ1) is 15.2. The van der Waals surface area contributed by atoms with Crippen molar-refractivity contribution in [2.24, 2.45) is 0 Å². The lowest BCUT2D eigenvalue weighted by molar-refractivity contribution is 0.257. The predicted molar refractivity (Wildman–Crippen MR) is 80.0 cm³/mol. The van der Waals surface area contributed by atoms with Gasteiger partial charge in [0, 0.05) is 12.1 Å². The first-order valence-corrected chi connectivity index (χ1v) is 7.04. The number of rotatable bonds is 7. The van der Waals surface area contributed by atoms with Gasteiger partial charge in [-0.25, -0.2) is 0 Å². The molecule has 0 bridgehead atoms. The highest BCUT2D eigenvalue weighted by molar-refractivity contribution is 5.25. The predicted octanol–water partition coefficient (Wildman–Crippen LogP) is 3.38. The molecule has 0 aromatic heterocycles. The summed E-state index contributed by atoms with van der Waals surface area (Å²) in [5, 5.41) is 3.59. The first-order valence-electron chi connectivity index (χ1n) is 7.04.